The molecule has 6 nitrogen and oxygen atoms in total. The normalized spacial score (nSPS) is 20.8. The maximum absolute atomic E-state index is 13.3. The lowest BCUT2D eigenvalue weighted by Crippen LogP contribution is -2.38. The minimum atomic E-state index is -4.43. The van der Waals surface area contributed by atoms with Gasteiger partial charge in [0.15, 0.2) is 6.29 Å². The lowest BCUT2D eigenvalue weighted by atomic mass is 9.89. The van der Waals surface area contributed by atoms with E-state index in [1.807, 2.05) is 13.8 Å². The Kier molecular flexibility index (Phi) is 7.57. The van der Waals surface area contributed by atoms with E-state index in [0.29, 0.717) is 35.8 Å². The number of hydrogen-bond donors (Lipinski definition) is 1. The maximum atomic E-state index is 13.3. The van der Waals surface area contributed by atoms with Crippen molar-refractivity contribution in [2.24, 2.45) is 32.5 Å². The van der Waals surface area contributed by atoms with E-state index in [1.165, 1.54) is 0 Å². The predicted octanol–water partition coefficient (Wildman–Crippen LogP) is 4.92. The summed E-state index contributed by atoms with van der Waals surface area (Å²) in [6.07, 6.45) is -4.00. The number of rotatable bonds is 6. The van der Waals surface area contributed by atoms with Gasteiger partial charge in [-0.15, -0.1) is 5.10 Å². The van der Waals surface area contributed by atoms with E-state index in [0.717, 1.165) is 12.8 Å². The maximum Gasteiger partial charge on any atom is 0.390 e. The van der Waals surface area contributed by atoms with Crippen molar-refractivity contribution < 1.29 is 22.6 Å². The third-order valence-electron chi connectivity index (χ3n) is 5.22. The standard InChI is InChI=1S/C23H29F3N4O2/c1-15-4-5-17(9-8-16-6-7-16)10-18(15)19(11-23(24,25)26)21(27)29-30-28-12-20-31-13-22(2,3)14-32-20/h4-5,10,16,19-20H,6-7,11-14H2,1-3H3,(H2,27,28,29). The summed E-state index contributed by atoms with van der Waals surface area (Å²) >= 11 is 0. The van der Waals surface area contributed by atoms with Crippen LogP contribution in [0, 0.1) is 30.1 Å². The van der Waals surface area contributed by atoms with E-state index in [9.17, 15) is 13.2 Å². The van der Waals surface area contributed by atoms with Crippen molar-refractivity contribution in [3.05, 3.63) is 34.9 Å². The van der Waals surface area contributed by atoms with Gasteiger partial charge in [-0.1, -0.05) is 31.8 Å². The first-order chi connectivity index (χ1) is 15.0. The van der Waals surface area contributed by atoms with Crippen molar-refractivity contribution in [1.29, 1.82) is 0 Å². The summed E-state index contributed by atoms with van der Waals surface area (Å²) in [5.41, 5.74) is 7.66. The second kappa shape index (κ2) is 10.0. The Morgan fingerprint density at radius 1 is 1.25 bits per heavy atom. The molecule has 1 saturated heterocycles. The third kappa shape index (κ3) is 7.61. The number of nitrogens with two attached hydrogens (primary N) is 1. The van der Waals surface area contributed by atoms with Gasteiger partial charge in [-0.2, -0.15) is 18.3 Å². The van der Waals surface area contributed by atoms with Gasteiger partial charge >= 0.3 is 6.18 Å². The number of halogens is 3. The van der Waals surface area contributed by atoms with Gasteiger partial charge < -0.3 is 15.2 Å². The fourth-order valence-electron chi connectivity index (χ4n) is 3.20. The second-order valence-corrected chi connectivity index (χ2v) is 9.14. The van der Waals surface area contributed by atoms with Gasteiger partial charge in [0.1, 0.15) is 12.4 Å². The molecule has 1 aromatic rings. The van der Waals surface area contributed by atoms with Crippen LogP contribution in [0.25, 0.3) is 0 Å². The van der Waals surface area contributed by atoms with Crippen LogP contribution < -0.4 is 5.73 Å². The first-order valence-corrected chi connectivity index (χ1v) is 10.6. The van der Waals surface area contributed by atoms with Gasteiger partial charge in [0.25, 0.3) is 0 Å². The van der Waals surface area contributed by atoms with Gasteiger partial charge in [0.05, 0.1) is 25.6 Å². The molecule has 0 spiro atoms. The summed E-state index contributed by atoms with van der Waals surface area (Å²) in [6.45, 7) is 6.90. The van der Waals surface area contributed by atoms with Crippen LogP contribution in [0.1, 0.15) is 55.7 Å². The highest BCUT2D eigenvalue weighted by Crippen LogP contribution is 2.34. The Morgan fingerprint density at radius 2 is 1.94 bits per heavy atom. The number of amidine groups is 1. The fourth-order valence-corrected chi connectivity index (χ4v) is 3.20. The average molecular weight is 451 g/mol. The quantitative estimate of drug-likeness (QED) is 0.220. The summed E-state index contributed by atoms with van der Waals surface area (Å²) in [7, 11) is 0. The minimum absolute atomic E-state index is 0.0729. The molecule has 0 radical (unpaired) electrons. The Balaban J connectivity index is 1.73. The van der Waals surface area contributed by atoms with E-state index in [2.05, 4.69) is 27.3 Å². The van der Waals surface area contributed by atoms with Crippen molar-refractivity contribution in [2.45, 2.75) is 58.4 Å². The molecule has 0 bridgehead atoms. The number of ether oxygens (including phenoxy) is 2. The number of benzene rings is 1. The summed E-state index contributed by atoms with van der Waals surface area (Å²) in [6, 6.07) is 5.22. The summed E-state index contributed by atoms with van der Waals surface area (Å²) in [4.78, 5) is 0. The van der Waals surface area contributed by atoms with Gasteiger partial charge in [0.2, 0.25) is 0 Å². The van der Waals surface area contributed by atoms with Crippen LogP contribution >= 0.6 is 0 Å². The molecule has 1 unspecified atom stereocenters. The lowest BCUT2D eigenvalue weighted by Gasteiger charge is -2.33. The van der Waals surface area contributed by atoms with Gasteiger partial charge in [0, 0.05) is 16.9 Å². The summed E-state index contributed by atoms with van der Waals surface area (Å²) in [5.74, 6) is 5.12. The van der Waals surface area contributed by atoms with Crippen LogP contribution in [-0.2, 0) is 9.47 Å². The highest BCUT2D eigenvalue weighted by molar-refractivity contribution is 5.87. The highest BCUT2D eigenvalue weighted by atomic mass is 19.4. The Morgan fingerprint density at radius 3 is 2.56 bits per heavy atom. The van der Waals surface area contributed by atoms with Gasteiger partial charge in [-0.3, -0.25) is 0 Å². The molecule has 1 aromatic carbocycles. The first kappa shape index (κ1) is 24.2. The molecule has 174 valence electrons. The van der Waals surface area contributed by atoms with Crippen LogP contribution in [-0.4, -0.2) is 38.1 Å². The molecular formula is C23H29F3N4O2. The Hall–Kier alpha value is -2.44. The molecule has 0 aromatic heterocycles. The van der Waals surface area contributed by atoms with Crippen molar-refractivity contribution in [2.75, 3.05) is 19.8 Å². The first-order valence-electron chi connectivity index (χ1n) is 10.6. The number of aryl methyl sites for hydroxylation is 1. The largest absolute Gasteiger partial charge is 0.390 e. The van der Waals surface area contributed by atoms with Crippen LogP contribution in [0.4, 0.5) is 13.2 Å². The number of nitrogens with zero attached hydrogens (tertiary/aromatic N) is 3. The molecule has 1 aliphatic heterocycles. The molecule has 0 amide bonds. The molecule has 1 aliphatic carbocycles. The Bertz CT molecular complexity index is 917. The molecule has 2 N–H and O–H groups in total. The van der Waals surface area contributed by atoms with E-state index >= 15 is 0 Å². The van der Waals surface area contributed by atoms with E-state index in [1.54, 1.807) is 25.1 Å². The second-order valence-electron chi connectivity index (χ2n) is 9.14. The van der Waals surface area contributed by atoms with Crippen LogP contribution in [0.3, 0.4) is 0 Å². The molecule has 1 atom stereocenters. The van der Waals surface area contributed by atoms with E-state index in [-0.39, 0.29) is 17.8 Å². The van der Waals surface area contributed by atoms with Crippen LogP contribution in [0.2, 0.25) is 0 Å². The molecule has 9 heteroatoms. The van der Waals surface area contributed by atoms with Crippen LogP contribution in [0.15, 0.2) is 33.6 Å². The summed E-state index contributed by atoms with van der Waals surface area (Å²) in [5, 5.41) is 11.2. The van der Waals surface area contributed by atoms with Gasteiger partial charge in [-0.25, -0.2) is 0 Å². The smallest absolute Gasteiger partial charge is 0.385 e. The van der Waals surface area contributed by atoms with Crippen molar-refractivity contribution in [3.63, 3.8) is 0 Å². The molecule has 32 heavy (non-hydrogen) atoms. The van der Waals surface area contributed by atoms with Crippen molar-refractivity contribution >= 4 is 5.84 Å². The third-order valence-corrected chi connectivity index (χ3v) is 5.22. The van der Waals surface area contributed by atoms with Gasteiger partial charge in [-0.05, 0) is 48.2 Å². The van der Waals surface area contributed by atoms with Crippen molar-refractivity contribution in [1.82, 2.24) is 0 Å². The zero-order valence-corrected chi connectivity index (χ0v) is 18.6. The van der Waals surface area contributed by atoms with Crippen molar-refractivity contribution in [3.8, 4) is 11.8 Å². The zero-order valence-electron chi connectivity index (χ0n) is 18.6. The monoisotopic (exact) mass is 450 g/mol. The molecular weight excluding hydrogens is 421 g/mol. The lowest BCUT2D eigenvalue weighted by molar-refractivity contribution is -0.216. The minimum Gasteiger partial charge on any atom is -0.385 e. The topological polar surface area (TPSA) is 81.6 Å². The SMILES string of the molecule is Cc1ccc(C#CC2CC2)cc1C(CC(F)(F)F)/C(N)=N/N=NCC1OCC(C)(C)CO1. The highest BCUT2D eigenvalue weighted by Gasteiger charge is 2.35. The molecule has 1 heterocycles. The molecule has 1 saturated carbocycles. The Labute approximate surface area is 186 Å². The fraction of sp³-hybridized carbons (Fsp3) is 0.609. The van der Waals surface area contributed by atoms with E-state index < -0.39 is 24.8 Å². The molecule has 2 fully saturated rings. The average Bonchev–Trinajstić information content (AvgIpc) is 3.54. The molecule has 2 aliphatic rings. The van der Waals surface area contributed by atoms with E-state index in [4.69, 9.17) is 15.2 Å². The summed E-state index contributed by atoms with van der Waals surface area (Å²) < 4.78 is 51.0. The number of alkyl halides is 3. The van der Waals surface area contributed by atoms with Crippen LogP contribution in [0.5, 0.6) is 0 Å². The number of hydrogen-bond acceptors (Lipinski definition) is 4. The molecule has 3 rings (SSSR count). The predicted molar refractivity (Wildman–Crippen MR) is 115 cm³/mol. The zero-order chi connectivity index (χ0) is 23.4.